The number of rotatable bonds is 5. The predicted octanol–water partition coefficient (Wildman–Crippen LogP) is 2.25. The Morgan fingerprint density at radius 2 is 2.00 bits per heavy atom. The molecule has 1 unspecified atom stereocenters. The maximum absolute atomic E-state index is 12.2. The monoisotopic (exact) mass is 276 g/mol. The zero-order chi connectivity index (χ0) is 15.3. The molecule has 0 aromatic heterocycles. The van der Waals surface area contributed by atoms with Crippen molar-refractivity contribution in [2.75, 3.05) is 14.2 Å². The summed E-state index contributed by atoms with van der Waals surface area (Å²) in [4.78, 5) is 24.5. The van der Waals surface area contributed by atoms with Gasteiger partial charge in [-0.15, -0.1) is 12.3 Å². The fourth-order valence-electron chi connectivity index (χ4n) is 2.63. The number of carbonyl (C=O) groups excluding carboxylic acids is 2. The highest BCUT2D eigenvalue weighted by atomic mass is 16.5. The number of methoxy groups -OCH3 is 2. The molecule has 1 rings (SSSR count). The maximum Gasteiger partial charge on any atom is 0.324 e. The van der Waals surface area contributed by atoms with Gasteiger partial charge in [0.1, 0.15) is 0 Å². The second kappa shape index (κ2) is 6.42. The van der Waals surface area contributed by atoms with Gasteiger partial charge in [0.2, 0.25) is 0 Å². The van der Waals surface area contributed by atoms with Gasteiger partial charge in [0.05, 0.1) is 14.2 Å². The highest BCUT2D eigenvalue weighted by molar-refractivity contribution is 6.01. The molecule has 0 spiro atoms. The van der Waals surface area contributed by atoms with Crippen LogP contribution in [0, 0.1) is 23.7 Å². The molecule has 0 saturated carbocycles. The number of esters is 2. The first-order valence-electron chi connectivity index (χ1n) is 6.40. The second-order valence-corrected chi connectivity index (χ2v) is 4.95. The molecular formula is C16H20O4. The molecule has 0 fully saturated rings. The Hall–Kier alpha value is -2.02. The van der Waals surface area contributed by atoms with Crippen LogP contribution in [0.3, 0.4) is 0 Å². The molecule has 1 atom stereocenters. The largest absolute Gasteiger partial charge is 0.468 e. The lowest BCUT2D eigenvalue weighted by Gasteiger charge is -2.29. The van der Waals surface area contributed by atoms with E-state index < -0.39 is 17.4 Å². The first-order valence-corrected chi connectivity index (χ1v) is 6.40. The molecule has 4 nitrogen and oxygen atoms in total. The predicted molar refractivity (Wildman–Crippen MR) is 75.5 cm³/mol. The van der Waals surface area contributed by atoms with Crippen LogP contribution < -0.4 is 0 Å². The van der Waals surface area contributed by atoms with Gasteiger partial charge in [-0.25, -0.2) is 0 Å². The van der Waals surface area contributed by atoms with E-state index in [1.807, 2.05) is 13.0 Å². The highest BCUT2D eigenvalue weighted by Crippen LogP contribution is 2.48. The lowest BCUT2D eigenvalue weighted by Crippen LogP contribution is -2.44. The van der Waals surface area contributed by atoms with E-state index in [0.29, 0.717) is 12.8 Å². The molecule has 0 saturated heterocycles. The third kappa shape index (κ3) is 2.62. The van der Waals surface area contributed by atoms with Gasteiger partial charge < -0.3 is 9.47 Å². The van der Waals surface area contributed by atoms with Crippen LogP contribution in [-0.4, -0.2) is 26.2 Å². The molecule has 108 valence electrons. The van der Waals surface area contributed by atoms with E-state index >= 15 is 0 Å². The summed E-state index contributed by atoms with van der Waals surface area (Å²) in [7, 11) is 2.54. The SMILES string of the molecule is C#CCCC1C=C(C(=C)C)CC1(C(=O)OC)C(=O)OC. The van der Waals surface area contributed by atoms with Gasteiger partial charge in [-0.1, -0.05) is 18.2 Å². The number of hydrogen-bond donors (Lipinski definition) is 0. The van der Waals surface area contributed by atoms with Crippen molar-refractivity contribution in [3.05, 3.63) is 23.8 Å². The van der Waals surface area contributed by atoms with Crippen molar-refractivity contribution in [3.63, 3.8) is 0 Å². The van der Waals surface area contributed by atoms with E-state index in [0.717, 1.165) is 11.1 Å². The van der Waals surface area contributed by atoms with Crippen LogP contribution in [0.25, 0.3) is 0 Å². The topological polar surface area (TPSA) is 52.6 Å². The molecule has 1 aliphatic rings. The van der Waals surface area contributed by atoms with Gasteiger partial charge in [0.25, 0.3) is 0 Å². The van der Waals surface area contributed by atoms with Crippen molar-refractivity contribution in [3.8, 4) is 12.3 Å². The molecule has 0 bridgehead atoms. The third-order valence-electron chi connectivity index (χ3n) is 3.75. The van der Waals surface area contributed by atoms with Crippen LogP contribution >= 0.6 is 0 Å². The van der Waals surface area contributed by atoms with Crippen molar-refractivity contribution >= 4 is 11.9 Å². The Balaban J connectivity index is 3.26. The number of hydrogen-bond acceptors (Lipinski definition) is 4. The number of allylic oxidation sites excluding steroid dienone is 3. The van der Waals surface area contributed by atoms with Crippen molar-refractivity contribution in [1.29, 1.82) is 0 Å². The molecule has 0 aromatic rings. The summed E-state index contributed by atoms with van der Waals surface area (Å²) in [6.07, 6.45) is 8.43. The Bertz CT molecular complexity index is 477. The minimum atomic E-state index is -1.34. The molecule has 1 aliphatic carbocycles. The van der Waals surface area contributed by atoms with Crippen LogP contribution in [0.1, 0.15) is 26.2 Å². The number of terminal acetylenes is 1. The summed E-state index contributed by atoms with van der Waals surface area (Å²) in [5.41, 5.74) is 0.363. The fourth-order valence-corrected chi connectivity index (χ4v) is 2.63. The average molecular weight is 276 g/mol. The smallest absolute Gasteiger partial charge is 0.324 e. The molecule has 0 aromatic carbocycles. The van der Waals surface area contributed by atoms with Gasteiger partial charge in [-0.05, 0) is 25.3 Å². The maximum atomic E-state index is 12.2. The third-order valence-corrected chi connectivity index (χ3v) is 3.75. The average Bonchev–Trinajstić information content (AvgIpc) is 2.84. The number of ether oxygens (including phenoxy) is 2. The molecule has 0 aliphatic heterocycles. The van der Waals surface area contributed by atoms with E-state index in [2.05, 4.69) is 12.5 Å². The Morgan fingerprint density at radius 3 is 2.40 bits per heavy atom. The first kappa shape index (κ1) is 16.0. The Morgan fingerprint density at radius 1 is 1.45 bits per heavy atom. The minimum absolute atomic E-state index is 0.247. The summed E-state index contributed by atoms with van der Waals surface area (Å²) in [5, 5.41) is 0. The fraction of sp³-hybridized carbons (Fsp3) is 0.500. The Labute approximate surface area is 119 Å². The first-order chi connectivity index (χ1) is 9.43. The molecule has 0 heterocycles. The summed E-state index contributed by atoms with van der Waals surface area (Å²) >= 11 is 0. The van der Waals surface area contributed by atoms with E-state index in [4.69, 9.17) is 15.9 Å². The van der Waals surface area contributed by atoms with E-state index in [-0.39, 0.29) is 12.3 Å². The van der Waals surface area contributed by atoms with Crippen LogP contribution in [0.15, 0.2) is 23.8 Å². The van der Waals surface area contributed by atoms with Gasteiger partial charge in [0, 0.05) is 12.3 Å². The summed E-state index contributed by atoms with van der Waals surface area (Å²) in [6.45, 7) is 5.72. The highest BCUT2D eigenvalue weighted by Gasteiger charge is 2.56. The van der Waals surface area contributed by atoms with E-state index in [1.54, 1.807) is 0 Å². The molecule has 0 N–H and O–H groups in total. The van der Waals surface area contributed by atoms with Crippen molar-refractivity contribution in [2.24, 2.45) is 11.3 Å². The van der Waals surface area contributed by atoms with Gasteiger partial charge in [-0.2, -0.15) is 0 Å². The quantitative estimate of drug-likeness (QED) is 0.439. The van der Waals surface area contributed by atoms with Crippen LogP contribution in [0.2, 0.25) is 0 Å². The summed E-state index contributed by atoms with van der Waals surface area (Å²) < 4.78 is 9.69. The van der Waals surface area contributed by atoms with Crippen LogP contribution in [0.4, 0.5) is 0 Å². The molecular weight excluding hydrogens is 256 g/mol. The second-order valence-electron chi connectivity index (χ2n) is 4.95. The summed E-state index contributed by atoms with van der Waals surface area (Å²) in [5.74, 6) is 1.04. The van der Waals surface area contributed by atoms with E-state index in [9.17, 15) is 9.59 Å². The van der Waals surface area contributed by atoms with Gasteiger partial charge in [0.15, 0.2) is 5.41 Å². The van der Waals surface area contributed by atoms with Gasteiger partial charge >= 0.3 is 11.9 Å². The summed E-state index contributed by atoms with van der Waals surface area (Å²) in [6, 6.07) is 0. The number of carbonyl (C=O) groups is 2. The lowest BCUT2D eigenvalue weighted by molar-refractivity contribution is -0.171. The molecule has 4 heteroatoms. The van der Waals surface area contributed by atoms with Crippen molar-refractivity contribution in [1.82, 2.24) is 0 Å². The lowest BCUT2D eigenvalue weighted by atomic mass is 9.74. The molecule has 0 amide bonds. The standard InChI is InChI=1S/C16H20O4/c1-6-7-8-13-9-12(11(2)3)10-16(13,14(17)19-4)15(18)20-5/h1,9,13H,2,7-8,10H2,3-5H3. The van der Waals surface area contributed by atoms with Gasteiger partial charge in [-0.3, -0.25) is 9.59 Å². The van der Waals surface area contributed by atoms with Crippen molar-refractivity contribution < 1.29 is 19.1 Å². The normalized spacial score (nSPS) is 19.7. The minimum Gasteiger partial charge on any atom is -0.468 e. The van der Waals surface area contributed by atoms with E-state index in [1.165, 1.54) is 14.2 Å². The molecule has 0 radical (unpaired) electrons. The van der Waals surface area contributed by atoms with Crippen molar-refractivity contribution in [2.45, 2.75) is 26.2 Å². The zero-order valence-electron chi connectivity index (χ0n) is 12.2. The molecule has 20 heavy (non-hydrogen) atoms. The zero-order valence-corrected chi connectivity index (χ0v) is 12.2. The van der Waals surface area contributed by atoms with Crippen LogP contribution in [0.5, 0.6) is 0 Å². The van der Waals surface area contributed by atoms with Crippen LogP contribution in [-0.2, 0) is 19.1 Å². The Kier molecular flexibility index (Phi) is 5.15.